The lowest BCUT2D eigenvalue weighted by molar-refractivity contribution is -0.141. The molecule has 0 saturated carbocycles. The van der Waals surface area contributed by atoms with Gasteiger partial charge < -0.3 is 10.6 Å². The minimum atomic E-state index is -4.75. The van der Waals surface area contributed by atoms with Gasteiger partial charge in [0.05, 0.1) is 0 Å². The highest BCUT2D eigenvalue weighted by molar-refractivity contribution is 5.52. The summed E-state index contributed by atoms with van der Waals surface area (Å²) in [5.41, 5.74) is -1.89. The van der Waals surface area contributed by atoms with E-state index in [1.807, 2.05) is 0 Å². The largest absolute Gasteiger partial charge is 0.433 e. The Morgan fingerprint density at radius 1 is 1.14 bits per heavy atom. The Balaban J connectivity index is 1.70. The molecule has 0 amide bonds. The highest BCUT2D eigenvalue weighted by atomic mass is 19.4. The van der Waals surface area contributed by atoms with Gasteiger partial charge in [0.15, 0.2) is 11.3 Å². The summed E-state index contributed by atoms with van der Waals surface area (Å²) in [6, 6.07) is 7.41. The molecule has 0 bridgehead atoms. The Kier molecular flexibility index (Phi) is 4.64. The van der Waals surface area contributed by atoms with E-state index in [2.05, 4.69) is 20.7 Å². The lowest BCUT2D eigenvalue weighted by Gasteiger charge is -2.43. The van der Waals surface area contributed by atoms with Crippen molar-refractivity contribution in [2.45, 2.75) is 18.0 Å². The van der Waals surface area contributed by atoms with E-state index in [0.29, 0.717) is 13.1 Å². The minimum absolute atomic E-state index is 0.109. The molecule has 1 aliphatic rings. The van der Waals surface area contributed by atoms with Crippen molar-refractivity contribution in [3.63, 3.8) is 0 Å². The second-order valence-corrected chi connectivity index (χ2v) is 6.91. The number of anilines is 1. The van der Waals surface area contributed by atoms with Gasteiger partial charge in [-0.3, -0.25) is 0 Å². The van der Waals surface area contributed by atoms with Crippen LogP contribution in [-0.2, 0) is 11.6 Å². The first-order chi connectivity index (χ1) is 13.7. The van der Waals surface area contributed by atoms with E-state index in [9.17, 15) is 26.3 Å². The van der Waals surface area contributed by atoms with Gasteiger partial charge in [-0.05, 0) is 17.7 Å². The molecule has 11 heteroatoms. The van der Waals surface area contributed by atoms with Crippen molar-refractivity contribution >= 4 is 11.5 Å². The number of fused-ring (bicyclic) bond motifs is 1. The molecule has 1 aromatic carbocycles. The van der Waals surface area contributed by atoms with Gasteiger partial charge in [-0.1, -0.05) is 12.1 Å². The number of nitrogens with one attached hydrogen (secondary N) is 2. The zero-order valence-electron chi connectivity index (χ0n) is 14.8. The van der Waals surface area contributed by atoms with E-state index in [1.165, 1.54) is 12.1 Å². The maximum Gasteiger partial charge on any atom is 0.433 e. The summed E-state index contributed by atoms with van der Waals surface area (Å²) in [7, 11) is 0. The highest BCUT2D eigenvalue weighted by Crippen LogP contribution is 2.33. The summed E-state index contributed by atoms with van der Waals surface area (Å²) in [4.78, 5) is 3.40. The van der Waals surface area contributed by atoms with Gasteiger partial charge in [-0.25, -0.2) is 18.2 Å². The predicted molar refractivity (Wildman–Crippen MR) is 92.4 cm³/mol. The molecule has 2 N–H and O–H groups in total. The molecule has 3 heterocycles. The molecule has 2 aromatic heterocycles. The van der Waals surface area contributed by atoms with E-state index in [4.69, 9.17) is 0 Å². The maximum atomic E-state index is 13.2. The molecule has 5 nitrogen and oxygen atoms in total. The van der Waals surface area contributed by atoms with E-state index in [-0.39, 0.29) is 18.0 Å². The minimum Gasteiger partial charge on any atom is -0.369 e. The van der Waals surface area contributed by atoms with Gasteiger partial charge in [0, 0.05) is 37.2 Å². The van der Waals surface area contributed by atoms with Crippen LogP contribution < -0.4 is 10.6 Å². The molecule has 4 rings (SSSR count). The van der Waals surface area contributed by atoms with Gasteiger partial charge in [0.1, 0.15) is 17.3 Å². The molecular weight excluding hydrogens is 400 g/mol. The summed E-state index contributed by atoms with van der Waals surface area (Å²) in [5.74, 6) is -0.506. The Morgan fingerprint density at radius 3 is 2.38 bits per heavy atom. The first-order valence-corrected chi connectivity index (χ1v) is 8.65. The molecule has 1 fully saturated rings. The molecule has 0 spiro atoms. The predicted octanol–water partition coefficient (Wildman–Crippen LogP) is 3.78. The molecule has 0 atom stereocenters. The Bertz CT molecular complexity index is 1020. The quantitative estimate of drug-likeness (QED) is 0.623. The van der Waals surface area contributed by atoms with Crippen LogP contribution in [0.15, 0.2) is 36.4 Å². The van der Waals surface area contributed by atoms with Crippen molar-refractivity contribution in [2.75, 3.05) is 25.0 Å². The molecular formula is C18H15F6N5. The van der Waals surface area contributed by atoms with Crippen LogP contribution in [-0.4, -0.2) is 34.2 Å². The smallest absolute Gasteiger partial charge is 0.369 e. The number of hydrogen-bond acceptors (Lipinski definition) is 4. The Morgan fingerprint density at radius 2 is 1.83 bits per heavy atom. The van der Waals surface area contributed by atoms with E-state index < -0.39 is 35.2 Å². The van der Waals surface area contributed by atoms with Crippen LogP contribution in [0.3, 0.4) is 0 Å². The average Bonchev–Trinajstić information content (AvgIpc) is 3.06. The third-order valence-corrected chi connectivity index (χ3v) is 4.95. The van der Waals surface area contributed by atoms with Crippen molar-refractivity contribution in [3.8, 4) is 0 Å². The van der Waals surface area contributed by atoms with Crippen molar-refractivity contribution in [3.05, 3.63) is 59.2 Å². The second kappa shape index (κ2) is 6.90. The molecule has 1 aliphatic heterocycles. The van der Waals surface area contributed by atoms with Gasteiger partial charge in [-0.15, -0.1) is 0 Å². The van der Waals surface area contributed by atoms with Crippen molar-refractivity contribution in [2.24, 2.45) is 0 Å². The van der Waals surface area contributed by atoms with Crippen molar-refractivity contribution in [1.82, 2.24) is 19.9 Å². The number of rotatable bonds is 5. The van der Waals surface area contributed by atoms with Crippen molar-refractivity contribution in [1.29, 1.82) is 0 Å². The number of aromatic nitrogens is 3. The standard InChI is InChI=1S/C18H15F6N5/c19-11-3-1-10(2-4-11)17(7-25-8-17)9-26-14-6-13(18(22,23)24)27-15-5-12(16(20)21)28-29(14)15/h1-6,16,25-26H,7-9H2. The maximum absolute atomic E-state index is 13.2. The number of benzene rings is 1. The van der Waals surface area contributed by atoms with Gasteiger partial charge >= 0.3 is 6.18 Å². The summed E-state index contributed by atoms with van der Waals surface area (Å²) >= 11 is 0. The molecule has 154 valence electrons. The number of hydrogen-bond donors (Lipinski definition) is 2. The van der Waals surface area contributed by atoms with Crippen LogP contribution in [0.2, 0.25) is 0 Å². The first kappa shape index (κ1) is 19.5. The van der Waals surface area contributed by atoms with Gasteiger partial charge in [0.2, 0.25) is 0 Å². The number of halogens is 6. The molecule has 3 aromatic rings. The lowest BCUT2D eigenvalue weighted by atomic mass is 9.75. The van der Waals surface area contributed by atoms with Crippen LogP contribution in [0.4, 0.5) is 32.2 Å². The topological polar surface area (TPSA) is 54.2 Å². The Labute approximate surface area is 160 Å². The normalized spacial score (nSPS) is 16.2. The van der Waals surface area contributed by atoms with Crippen molar-refractivity contribution < 1.29 is 26.3 Å². The second-order valence-electron chi connectivity index (χ2n) is 6.91. The van der Waals surface area contributed by atoms with E-state index >= 15 is 0 Å². The van der Waals surface area contributed by atoms with Gasteiger partial charge in [0.25, 0.3) is 6.43 Å². The van der Waals surface area contributed by atoms with Crippen LogP contribution in [0, 0.1) is 5.82 Å². The molecule has 29 heavy (non-hydrogen) atoms. The SMILES string of the molecule is Fc1ccc(C2(CNc3cc(C(F)(F)F)nc4cc(C(F)F)nn34)CNC2)cc1. The molecule has 1 saturated heterocycles. The average molecular weight is 415 g/mol. The monoisotopic (exact) mass is 415 g/mol. The zero-order chi connectivity index (χ0) is 20.8. The summed E-state index contributed by atoms with van der Waals surface area (Å²) in [6.45, 7) is 1.23. The molecule has 0 aliphatic carbocycles. The molecule has 0 radical (unpaired) electrons. The lowest BCUT2D eigenvalue weighted by Crippen LogP contribution is -2.60. The zero-order valence-corrected chi connectivity index (χ0v) is 14.8. The fourth-order valence-electron chi connectivity index (χ4n) is 3.29. The van der Waals surface area contributed by atoms with Crippen LogP contribution in [0.25, 0.3) is 5.65 Å². The van der Waals surface area contributed by atoms with E-state index in [1.54, 1.807) is 12.1 Å². The van der Waals surface area contributed by atoms with Crippen LogP contribution in [0.5, 0.6) is 0 Å². The third kappa shape index (κ3) is 3.61. The van der Waals surface area contributed by atoms with Crippen LogP contribution in [0.1, 0.15) is 23.4 Å². The fourth-order valence-corrected chi connectivity index (χ4v) is 3.29. The fraction of sp³-hybridized carbons (Fsp3) is 0.333. The van der Waals surface area contributed by atoms with E-state index in [0.717, 1.165) is 22.2 Å². The molecule has 0 unspecified atom stereocenters. The highest BCUT2D eigenvalue weighted by Gasteiger charge is 2.39. The summed E-state index contributed by atoms with van der Waals surface area (Å²) in [5, 5.41) is 9.66. The first-order valence-electron chi connectivity index (χ1n) is 8.65. The summed E-state index contributed by atoms with van der Waals surface area (Å²) < 4.78 is 79.7. The Hall–Kier alpha value is -2.82. The van der Waals surface area contributed by atoms with Crippen LogP contribution >= 0.6 is 0 Å². The summed E-state index contributed by atoms with van der Waals surface area (Å²) in [6.07, 6.45) is -7.69. The number of alkyl halides is 5. The third-order valence-electron chi connectivity index (χ3n) is 4.95. The number of nitrogens with zero attached hydrogens (tertiary/aromatic N) is 3. The van der Waals surface area contributed by atoms with Gasteiger partial charge in [-0.2, -0.15) is 22.8 Å².